The number of likely N-dealkylation sites (N-methyl/N-ethyl adjacent to an activating group) is 1. The number of rotatable bonds is 3. The molecule has 7 heteroatoms. The Morgan fingerprint density at radius 1 is 1.56 bits per heavy atom. The third kappa shape index (κ3) is 2.51. The molecule has 1 aromatic carbocycles. The Hall–Kier alpha value is -2.28. The first-order valence-corrected chi connectivity index (χ1v) is 5.43. The summed E-state index contributed by atoms with van der Waals surface area (Å²) in [6, 6.07) is 5.09. The minimum absolute atomic E-state index is 0.343. The highest BCUT2D eigenvalue weighted by atomic mass is 16.4. The number of nitrogens with zero attached hydrogens (tertiary/aromatic N) is 1. The molecular weight excluding hydrogens is 236 g/mol. The maximum atomic E-state index is 11.2. The number of urea groups is 1. The third-order valence-electron chi connectivity index (χ3n) is 2.69. The number of carbonyl (C=O) groups is 1. The monoisotopic (exact) mass is 250 g/mol. The van der Waals surface area contributed by atoms with Crippen LogP contribution in [0.25, 0.3) is 11.1 Å². The van der Waals surface area contributed by atoms with E-state index in [9.17, 15) is 9.59 Å². The molecular formula is C11H14N4O3. The van der Waals surface area contributed by atoms with Crippen LogP contribution in [0.1, 0.15) is 5.56 Å². The second-order valence-corrected chi connectivity index (χ2v) is 3.97. The summed E-state index contributed by atoms with van der Waals surface area (Å²) in [5, 5.41) is 0. The summed E-state index contributed by atoms with van der Waals surface area (Å²) >= 11 is 0. The summed E-state index contributed by atoms with van der Waals surface area (Å²) in [6.07, 6.45) is 0.648. The molecule has 2 amide bonds. The molecule has 7 nitrogen and oxygen atoms in total. The third-order valence-corrected chi connectivity index (χ3v) is 2.69. The van der Waals surface area contributed by atoms with Crippen LogP contribution in [0.4, 0.5) is 4.79 Å². The summed E-state index contributed by atoms with van der Waals surface area (Å²) in [6.45, 7) is 0.517. The van der Waals surface area contributed by atoms with Crippen LogP contribution < -0.4 is 17.0 Å². The minimum Gasteiger partial charge on any atom is -0.408 e. The van der Waals surface area contributed by atoms with Crippen molar-refractivity contribution in [3.63, 3.8) is 0 Å². The standard InChI is InChI=1S/C11H14N4O3/c1-15(10(16)14-12)5-4-7-2-3-8-9(6-7)18-11(17)13-8/h2-3,6H,4-5,12H2,1H3,(H,13,17)(H,14,16). The Kier molecular flexibility index (Phi) is 3.33. The number of hydrogen-bond acceptors (Lipinski definition) is 4. The minimum atomic E-state index is -0.471. The lowest BCUT2D eigenvalue weighted by atomic mass is 10.1. The van der Waals surface area contributed by atoms with Gasteiger partial charge in [0.15, 0.2) is 5.58 Å². The van der Waals surface area contributed by atoms with Gasteiger partial charge in [0.05, 0.1) is 5.52 Å². The smallest absolute Gasteiger partial charge is 0.408 e. The summed E-state index contributed by atoms with van der Waals surface area (Å²) in [7, 11) is 1.65. The zero-order valence-electron chi connectivity index (χ0n) is 9.90. The van der Waals surface area contributed by atoms with Gasteiger partial charge < -0.3 is 9.32 Å². The van der Waals surface area contributed by atoms with E-state index < -0.39 is 5.76 Å². The molecule has 0 aliphatic rings. The molecule has 0 unspecified atom stereocenters. The lowest BCUT2D eigenvalue weighted by Crippen LogP contribution is -2.41. The Morgan fingerprint density at radius 3 is 3.06 bits per heavy atom. The SMILES string of the molecule is CN(CCc1ccc2[nH]c(=O)oc2c1)C(=O)NN. The molecule has 0 aliphatic heterocycles. The van der Waals surface area contributed by atoms with Crippen molar-refractivity contribution >= 4 is 17.1 Å². The van der Waals surface area contributed by atoms with Crippen molar-refractivity contribution in [2.45, 2.75) is 6.42 Å². The number of oxazole rings is 1. The molecule has 4 N–H and O–H groups in total. The van der Waals surface area contributed by atoms with Crippen LogP contribution in [0.2, 0.25) is 0 Å². The fourth-order valence-corrected chi connectivity index (χ4v) is 1.65. The Balaban J connectivity index is 2.08. The van der Waals surface area contributed by atoms with Crippen molar-refractivity contribution in [3.8, 4) is 0 Å². The number of H-pyrrole nitrogens is 1. The van der Waals surface area contributed by atoms with Gasteiger partial charge in [0, 0.05) is 13.6 Å². The molecule has 0 bridgehead atoms. The number of carbonyl (C=O) groups excluding carboxylic acids is 1. The van der Waals surface area contributed by atoms with E-state index in [0.29, 0.717) is 24.1 Å². The van der Waals surface area contributed by atoms with Crippen LogP contribution in [-0.4, -0.2) is 29.5 Å². The van der Waals surface area contributed by atoms with Gasteiger partial charge in [0.25, 0.3) is 0 Å². The number of aromatic nitrogens is 1. The zero-order chi connectivity index (χ0) is 13.1. The number of aromatic amines is 1. The highest BCUT2D eigenvalue weighted by Crippen LogP contribution is 2.12. The maximum absolute atomic E-state index is 11.2. The van der Waals surface area contributed by atoms with Gasteiger partial charge in [-0.2, -0.15) is 0 Å². The predicted octanol–water partition coefficient (Wildman–Crippen LogP) is 0.179. The van der Waals surface area contributed by atoms with Gasteiger partial charge >= 0.3 is 11.8 Å². The first kappa shape index (κ1) is 12.2. The van der Waals surface area contributed by atoms with Crippen molar-refractivity contribution in [2.75, 3.05) is 13.6 Å². The maximum Gasteiger partial charge on any atom is 0.417 e. The van der Waals surface area contributed by atoms with Gasteiger partial charge in [-0.25, -0.2) is 15.4 Å². The van der Waals surface area contributed by atoms with Crippen molar-refractivity contribution in [2.24, 2.45) is 5.84 Å². The lowest BCUT2D eigenvalue weighted by Gasteiger charge is -2.15. The molecule has 0 saturated heterocycles. The molecule has 1 heterocycles. The molecule has 0 atom stereocenters. The van der Waals surface area contributed by atoms with E-state index in [4.69, 9.17) is 10.3 Å². The number of benzene rings is 1. The number of amides is 2. The number of fused-ring (bicyclic) bond motifs is 1. The molecule has 18 heavy (non-hydrogen) atoms. The summed E-state index contributed by atoms with van der Waals surface area (Å²) in [5.41, 5.74) is 4.21. The van der Waals surface area contributed by atoms with Crippen molar-refractivity contribution < 1.29 is 9.21 Å². The average molecular weight is 250 g/mol. The van der Waals surface area contributed by atoms with Crippen LogP contribution in [-0.2, 0) is 6.42 Å². The second-order valence-electron chi connectivity index (χ2n) is 3.97. The first-order valence-electron chi connectivity index (χ1n) is 5.43. The number of hydrogen-bond donors (Lipinski definition) is 3. The van der Waals surface area contributed by atoms with Crippen LogP contribution in [0, 0.1) is 0 Å². The molecule has 1 aromatic heterocycles. The molecule has 0 radical (unpaired) electrons. The number of hydrazine groups is 1. The molecule has 0 fully saturated rings. The topological polar surface area (TPSA) is 104 Å². The van der Waals surface area contributed by atoms with E-state index in [-0.39, 0.29) is 6.03 Å². The average Bonchev–Trinajstić information content (AvgIpc) is 2.74. The summed E-state index contributed by atoms with van der Waals surface area (Å²) < 4.78 is 4.96. The van der Waals surface area contributed by atoms with Gasteiger partial charge in [-0.1, -0.05) is 6.07 Å². The largest absolute Gasteiger partial charge is 0.417 e. The van der Waals surface area contributed by atoms with E-state index in [1.807, 2.05) is 6.07 Å². The van der Waals surface area contributed by atoms with Crippen LogP contribution in [0.5, 0.6) is 0 Å². The van der Waals surface area contributed by atoms with Crippen molar-refractivity contribution in [3.05, 3.63) is 34.3 Å². The quantitative estimate of drug-likeness (QED) is 0.410. The zero-order valence-corrected chi connectivity index (χ0v) is 9.90. The van der Waals surface area contributed by atoms with Crippen LogP contribution >= 0.6 is 0 Å². The van der Waals surface area contributed by atoms with Gasteiger partial charge in [0.1, 0.15) is 0 Å². The lowest BCUT2D eigenvalue weighted by molar-refractivity contribution is 0.209. The van der Waals surface area contributed by atoms with E-state index in [0.717, 1.165) is 5.56 Å². The molecule has 0 aliphatic carbocycles. The predicted molar refractivity (Wildman–Crippen MR) is 65.9 cm³/mol. The van der Waals surface area contributed by atoms with Crippen molar-refractivity contribution in [1.29, 1.82) is 0 Å². The molecule has 0 saturated carbocycles. The molecule has 2 rings (SSSR count). The number of nitrogens with two attached hydrogens (primary N) is 1. The fourth-order valence-electron chi connectivity index (χ4n) is 1.65. The Morgan fingerprint density at radius 2 is 2.33 bits per heavy atom. The molecule has 96 valence electrons. The second kappa shape index (κ2) is 4.92. The summed E-state index contributed by atoms with van der Waals surface area (Å²) in [5.74, 6) is 4.55. The van der Waals surface area contributed by atoms with E-state index in [1.54, 1.807) is 19.2 Å². The van der Waals surface area contributed by atoms with Gasteiger partial charge in [-0.15, -0.1) is 0 Å². The van der Waals surface area contributed by atoms with Crippen LogP contribution in [0.15, 0.2) is 27.4 Å². The van der Waals surface area contributed by atoms with E-state index in [1.165, 1.54) is 4.90 Å². The van der Waals surface area contributed by atoms with Gasteiger partial charge in [0.2, 0.25) is 0 Å². The van der Waals surface area contributed by atoms with E-state index in [2.05, 4.69) is 10.4 Å². The fraction of sp³-hybridized carbons (Fsp3) is 0.273. The van der Waals surface area contributed by atoms with Gasteiger partial charge in [-0.3, -0.25) is 10.4 Å². The highest BCUT2D eigenvalue weighted by Gasteiger charge is 2.07. The van der Waals surface area contributed by atoms with E-state index >= 15 is 0 Å². The molecule has 2 aromatic rings. The molecule has 0 spiro atoms. The Bertz CT molecular complexity index is 616. The normalized spacial score (nSPS) is 10.6. The summed E-state index contributed by atoms with van der Waals surface area (Å²) in [4.78, 5) is 26.2. The highest BCUT2D eigenvalue weighted by molar-refractivity contribution is 5.73. The van der Waals surface area contributed by atoms with Crippen LogP contribution in [0.3, 0.4) is 0 Å². The Labute approximate surface area is 103 Å². The van der Waals surface area contributed by atoms with Crippen molar-refractivity contribution in [1.82, 2.24) is 15.3 Å². The number of nitrogens with one attached hydrogen (secondary N) is 2. The van der Waals surface area contributed by atoms with Gasteiger partial charge in [-0.05, 0) is 24.1 Å². The first-order chi connectivity index (χ1) is 8.60.